The Labute approximate surface area is 164 Å². The summed E-state index contributed by atoms with van der Waals surface area (Å²) in [7, 11) is 0. The lowest BCUT2D eigenvalue weighted by atomic mass is 9.75. The summed E-state index contributed by atoms with van der Waals surface area (Å²) in [6, 6.07) is 9.87. The van der Waals surface area contributed by atoms with E-state index in [4.69, 9.17) is 0 Å². The van der Waals surface area contributed by atoms with Crippen LogP contribution >= 0.6 is 0 Å². The summed E-state index contributed by atoms with van der Waals surface area (Å²) in [5, 5.41) is 18.5. The second kappa shape index (κ2) is 7.72. The summed E-state index contributed by atoms with van der Waals surface area (Å²) in [6.07, 6.45) is 5.71. The predicted octanol–water partition coefficient (Wildman–Crippen LogP) is 3.39. The van der Waals surface area contributed by atoms with Crippen LogP contribution in [0.2, 0.25) is 0 Å². The number of benzene rings is 1. The van der Waals surface area contributed by atoms with Gasteiger partial charge in [-0.05, 0) is 49.8 Å². The second-order valence-electron chi connectivity index (χ2n) is 7.69. The number of aliphatic hydroxyl groups excluding tert-OH is 1. The molecular weight excluding hydrogens is 352 g/mol. The molecule has 1 fully saturated rings. The van der Waals surface area contributed by atoms with E-state index in [1.807, 2.05) is 48.3 Å². The quantitative estimate of drug-likeness (QED) is 0.689. The highest BCUT2D eigenvalue weighted by molar-refractivity contribution is 5.95. The third-order valence-corrected chi connectivity index (χ3v) is 5.52. The molecule has 1 aliphatic carbocycles. The lowest BCUT2D eigenvalue weighted by Crippen LogP contribution is -2.41. The molecule has 1 saturated carbocycles. The fourth-order valence-corrected chi connectivity index (χ4v) is 3.94. The van der Waals surface area contributed by atoms with Gasteiger partial charge in [-0.2, -0.15) is 5.10 Å². The van der Waals surface area contributed by atoms with E-state index < -0.39 is 0 Å². The second-order valence-corrected chi connectivity index (χ2v) is 7.69. The van der Waals surface area contributed by atoms with Crippen molar-refractivity contribution >= 4 is 16.8 Å². The number of aryl methyl sites for hydroxylation is 2. The molecule has 1 aromatic carbocycles. The molecule has 4 rings (SSSR count). The number of carbonyl (C=O) groups is 1. The van der Waals surface area contributed by atoms with Gasteiger partial charge in [0.05, 0.1) is 28.9 Å². The van der Waals surface area contributed by atoms with E-state index in [0.717, 1.165) is 35.1 Å². The molecule has 1 atom stereocenters. The van der Waals surface area contributed by atoms with Crippen LogP contribution in [-0.2, 0) is 6.54 Å². The number of amides is 1. The Morgan fingerprint density at radius 1 is 1.36 bits per heavy atom. The zero-order valence-corrected chi connectivity index (χ0v) is 16.3. The fraction of sp³-hybridized carbons (Fsp3) is 0.409. The fourth-order valence-electron chi connectivity index (χ4n) is 3.94. The normalized spacial score (nSPS) is 20.0. The van der Waals surface area contributed by atoms with Crippen LogP contribution in [0.25, 0.3) is 10.9 Å². The van der Waals surface area contributed by atoms with Gasteiger partial charge < -0.3 is 10.4 Å². The van der Waals surface area contributed by atoms with E-state index in [0.29, 0.717) is 18.4 Å². The molecule has 3 aromatic rings. The number of pyridine rings is 1. The van der Waals surface area contributed by atoms with Gasteiger partial charge in [-0.3, -0.25) is 14.5 Å². The molecule has 0 unspecified atom stereocenters. The number of rotatable bonds is 6. The number of hydrogen-bond acceptors (Lipinski definition) is 4. The zero-order chi connectivity index (χ0) is 19.7. The Morgan fingerprint density at radius 3 is 2.89 bits per heavy atom. The van der Waals surface area contributed by atoms with E-state index >= 15 is 0 Å². The van der Waals surface area contributed by atoms with Crippen molar-refractivity contribution in [1.29, 1.82) is 0 Å². The Hall–Kier alpha value is -2.73. The summed E-state index contributed by atoms with van der Waals surface area (Å²) in [5.41, 5.74) is 3.24. The van der Waals surface area contributed by atoms with Gasteiger partial charge in [0, 0.05) is 24.3 Å². The molecule has 6 nitrogen and oxygen atoms in total. The Kier molecular flexibility index (Phi) is 5.13. The van der Waals surface area contributed by atoms with Gasteiger partial charge in [0.15, 0.2) is 0 Å². The first-order valence-electron chi connectivity index (χ1n) is 9.92. The first-order valence-corrected chi connectivity index (χ1v) is 9.92. The van der Waals surface area contributed by atoms with E-state index in [1.54, 1.807) is 0 Å². The molecule has 2 heterocycles. The maximum Gasteiger partial charge on any atom is 0.255 e. The van der Waals surface area contributed by atoms with E-state index in [-0.39, 0.29) is 24.0 Å². The minimum atomic E-state index is -0.285. The number of aromatic nitrogens is 3. The van der Waals surface area contributed by atoms with Crippen molar-refractivity contribution < 1.29 is 9.90 Å². The van der Waals surface area contributed by atoms with Gasteiger partial charge >= 0.3 is 0 Å². The minimum absolute atomic E-state index is 0.126. The van der Waals surface area contributed by atoms with Crippen LogP contribution < -0.4 is 5.32 Å². The molecule has 0 bridgehead atoms. The third-order valence-electron chi connectivity index (χ3n) is 5.52. The number of nitrogens with zero attached hydrogens (tertiary/aromatic N) is 3. The number of carbonyl (C=O) groups excluding carboxylic acids is 1. The van der Waals surface area contributed by atoms with Gasteiger partial charge in [0.25, 0.3) is 5.91 Å². The highest BCUT2D eigenvalue weighted by atomic mass is 16.3. The maximum atomic E-state index is 13.0. The Morgan fingerprint density at radius 2 is 2.14 bits per heavy atom. The largest absolute Gasteiger partial charge is 0.393 e. The van der Waals surface area contributed by atoms with Crippen molar-refractivity contribution in [2.24, 2.45) is 5.92 Å². The third kappa shape index (κ3) is 3.64. The molecule has 28 heavy (non-hydrogen) atoms. The summed E-state index contributed by atoms with van der Waals surface area (Å²) in [5.74, 6) is 0.0762. The van der Waals surface area contributed by atoms with E-state index in [9.17, 15) is 9.90 Å². The lowest BCUT2D eigenvalue weighted by Gasteiger charge is -2.38. The van der Waals surface area contributed by atoms with Crippen LogP contribution in [0.5, 0.6) is 0 Å². The molecule has 1 amide bonds. The number of para-hydroxylation sites is 1. The van der Waals surface area contributed by atoms with Crippen molar-refractivity contribution in [2.75, 3.05) is 0 Å². The number of hydrogen-bond donors (Lipinski definition) is 2. The average Bonchev–Trinajstić information content (AvgIpc) is 3.04. The summed E-state index contributed by atoms with van der Waals surface area (Å²) < 4.78 is 1.82. The van der Waals surface area contributed by atoms with Gasteiger partial charge in [-0.1, -0.05) is 25.1 Å². The van der Waals surface area contributed by atoms with Crippen molar-refractivity contribution in [3.05, 3.63) is 59.5 Å². The molecule has 2 N–H and O–H groups in total. The van der Waals surface area contributed by atoms with Gasteiger partial charge in [0.2, 0.25) is 0 Å². The van der Waals surface area contributed by atoms with Gasteiger partial charge in [0.1, 0.15) is 0 Å². The first-order chi connectivity index (χ1) is 13.5. The molecule has 2 aromatic heterocycles. The lowest BCUT2D eigenvalue weighted by molar-refractivity contribution is 0.0235. The Bertz CT molecular complexity index is 991. The monoisotopic (exact) mass is 378 g/mol. The molecule has 146 valence electrons. The predicted molar refractivity (Wildman–Crippen MR) is 108 cm³/mol. The molecule has 0 saturated heterocycles. The highest BCUT2D eigenvalue weighted by Crippen LogP contribution is 2.38. The number of aliphatic hydroxyl groups is 1. The van der Waals surface area contributed by atoms with Crippen LogP contribution in [0, 0.1) is 12.8 Å². The van der Waals surface area contributed by atoms with Crippen molar-refractivity contribution in [2.45, 2.75) is 51.8 Å². The van der Waals surface area contributed by atoms with Crippen molar-refractivity contribution in [3.63, 3.8) is 0 Å². The average molecular weight is 378 g/mol. The van der Waals surface area contributed by atoms with Crippen LogP contribution in [-0.4, -0.2) is 31.9 Å². The zero-order valence-electron chi connectivity index (χ0n) is 16.3. The first kappa shape index (κ1) is 18.6. The molecule has 0 spiro atoms. The summed E-state index contributed by atoms with van der Waals surface area (Å²) in [6.45, 7) is 4.74. The van der Waals surface area contributed by atoms with Crippen molar-refractivity contribution in [1.82, 2.24) is 20.1 Å². The van der Waals surface area contributed by atoms with Crippen LogP contribution in [0.4, 0.5) is 0 Å². The minimum Gasteiger partial charge on any atom is -0.393 e. The topological polar surface area (TPSA) is 80.0 Å². The molecular formula is C22H26N4O2. The molecule has 6 heteroatoms. The highest BCUT2D eigenvalue weighted by Gasteiger charge is 2.36. The van der Waals surface area contributed by atoms with Crippen LogP contribution in [0.1, 0.15) is 53.8 Å². The number of nitrogens with one attached hydrogen (secondary N) is 1. The van der Waals surface area contributed by atoms with E-state index in [2.05, 4.69) is 28.4 Å². The summed E-state index contributed by atoms with van der Waals surface area (Å²) >= 11 is 0. The van der Waals surface area contributed by atoms with Gasteiger partial charge in [-0.25, -0.2) is 0 Å². The van der Waals surface area contributed by atoms with E-state index in [1.165, 1.54) is 0 Å². The van der Waals surface area contributed by atoms with Gasteiger partial charge in [-0.15, -0.1) is 0 Å². The standard InChI is InChI=1S/C22H26N4O2/c1-3-8-26-13-19(14(2)25-26)22(28)24-21(16-10-18(27)11-16)17-9-15-6-4-5-7-20(15)23-12-17/h4-7,9,12-13,16,18,21,27H,3,8,10-11H2,1-2H3,(H,24,28)/t16?,18?,21-/m1/s1. The molecule has 1 aliphatic rings. The maximum absolute atomic E-state index is 13.0. The summed E-state index contributed by atoms with van der Waals surface area (Å²) in [4.78, 5) is 17.6. The van der Waals surface area contributed by atoms with Crippen LogP contribution in [0.3, 0.4) is 0 Å². The smallest absolute Gasteiger partial charge is 0.255 e. The SMILES string of the molecule is CCCn1cc(C(=O)N[C@@H](c2cnc3ccccc3c2)C2CC(O)C2)c(C)n1. The Balaban J connectivity index is 1.62. The van der Waals surface area contributed by atoms with Crippen LogP contribution in [0.15, 0.2) is 42.7 Å². The molecule has 0 aliphatic heterocycles. The number of fused-ring (bicyclic) bond motifs is 1. The van der Waals surface area contributed by atoms with Crippen molar-refractivity contribution in [3.8, 4) is 0 Å². The molecule has 0 radical (unpaired) electrons.